The van der Waals surface area contributed by atoms with Crippen LogP contribution in [-0.4, -0.2) is 36.1 Å². The van der Waals surface area contributed by atoms with E-state index < -0.39 is 4.92 Å². The number of hydrogen-bond donors (Lipinski definition) is 2. The van der Waals surface area contributed by atoms with Crippen LogP contribution in [0.1, 0.15) is 11.1 Å². The number of nitro benzene ring substituents is 1. The molecule has 2 rings (SSSR count). The third kappa shape index (κ3) is 4.77. The van der Waals surface area contributed by atoms with E-state index in [4.69, 9.17) is 5.11 Å². The molecule has 7 nitrogen and oxygen atoms in total. The van der Waals surface area contributed by atoms with E-state index in [0.29, 0.717) is 23.4 Å². The monoisotopic (exact) mass is 343 g/mol. The summed E-state index contributed by atoms with van der Waals surface area (Å²) in [6, 6.07) is 12.0. The van der Waals surface area contributed by atoms with E-state index in [9.17, 15) is 14.9 Å². The molecule has 2 aromatic carbocycles. The Morgan fingerprint density at radius 2 is 1.92 bits per heavy atom. The van der Waals surface area contributed by atoms with Crippen LogP contribution in [0.15, 0.2) is 42.5 Å². The largest absolute Gasteiger partial charge is 0.395 e. The molecule has 0 saturated carbocycles. The van der Waals surface area contributed by atoms with Crippen molar-refractivity contribution in [1.29, 1.82) is 0 Å². The Bertz CT molecular complexity index is 759. The lowest BCUT2D eigenvalue weighted by Gasteiger charge is -2.18. The third-order valence-corrected chi connectivity index (χ3v) is 3.99. The quantitative estimate of drug-likeness (QED) is 0.595. The molecule has 0 radical (unpaired) electrons. The Kier molecular flexibility index (Phi) is 6.08. The number of nitrogens with one attached hydrogen (secondary N) is 1. The highest BCUT2D eigenvalue weighted by Gasteiger charge is 2.15. The maximum Gasteiger partial charge on any atom is 0.272 e. The van der Waals surface area contributed by atoms with Gasteiger partial charge in [0.15, 0.2) is 0 Å². The fraction of sp³-hybridized carbons (Fsp3) is 0.278. The zero-order chi connectivity index (χ0) is 18.4. The Morgan fingerprint density at radius 3 is 2.52 bits per heavy atom. The van der Waals surface area contributed by atoms with Gasteiger partial charge in [0, 0.05) is 36.6 Å². The van der Waals surface area contributed by atoms with Gasteiger partial charge in [0.05, 0.1) is 18.0 Å². The molecule has 132 valence electrons. The van der Waals surface area contributed by atoms with Crippen molar-refractivity contribution in [2.45, 2.75) is 13.3 Å². The summed E-state index contributed by atoms with van der Waals surface area (Å²) in [5.41, 5.74) is 2.73. The summed E-state index contributed by atoms with van der Waals surface area (Å²) < 4.78 is 0. The van der Waals surface area contributed by atoms with Crippen molar-refractivity contribution >= 4 is 23.0 Å². The predicted molar refractivity (Wildman–Crippen MR) is 97.0 cm³/mol. The first kappa shape index (κ1) is 18.4. The van der Waals surface area contributed by atoms with E-state index >= 15 is 0 Å². The summed E-state index contributed by atoms with van der Waals surface area (Å²) in [6.07, 6.45) is 0.0691. The minimum Gasteiger partial charge on any atom is -0.395 e. The highest BCUT2D eigenvalue weighted by Crippen LogP contribution is 2.22. The van der Waals surface area contributed by atoms with Gasteiger partial charge in [-0.1, -0.05) is 12.1 Å². The predicted octanol–water partition coefficient (Wildman–Crippen LogP) is 2.51. The summed E-state index contributed by atoms with van der Waals surface area (Å²) in [6.45, 7) is 2.24. The van der Waals surface area contributed by atoms with Gasteiger partial charge < -0.3 is 15.3 Å². The second-order valence-electron chi connectivity index (χ2n) is 5.74. The molecule has 0 spiro atoms. The molecule has 2 aromatic rings. The van der Waals surface area contributed by atoms with E-state index in [-0.39, 0.29) is 24.6 Å². The molecule has 0 unspecified atom stereocenters. The minimum absolute atomic E-state index is 0.0153. The van der Waals surface area contributed by atoms with Crippen LogP contribution in [0.3, 0.4) is 0 Å². The molecular weight excluding hydrogens is 322 g/mol. The molecule has 0 bridgehead atoms. The second kappa shape index (κ2) is 8.25. The number of likely N-dealkylation sites (N-methyl/N-ethyl adjacent to an activating group) is 1. The normalized spacial score (nSPS) is 10.4. The summed E-state index contributed by atoms with van der Waals surface area (Å²) in [5.74, 6) is -0.236. The van der Waals surface area contributed by atoms with Gasteiger partial charge in [-0.3, -0.25) is 14.9 Å². The van der Waals surface area contributed by atoms with Gasteiger partial charge in [-0.05, 0) is 36.8 Å². The summed E-state index contributed by atoms with van der Waals surface area (Å²) in [4.78, 5) is 24.6. The average Bonchev–Trinajstić information content (AvgIpc) is 2.57. The lowest BCUT2D eigenvalue weighted by molar-refractivity contribution is -0.385. The SMILES string of the molecule is Cc1c(CC(=O)Nc2ccc(N(C)CCO)cc2)cccc1[N+](=O)[O-]. The van der Waals surface area contributed by atoms with Crippen molar-refractivity contribution in [2.24, 2.45) is 0 Å². The Morgan fingerprint density at radius 1 is 1.24 bits per heavy atom. The highest BCUT2D eigenvalue weighted by atomic mass is 16.6. The molecule has 0 atom stereocenters. The van der Waals surface area contributed by atoms with Gasteiger partial charge in [0.25, 0.3) is 5.69 Å². The van der Waals surface area contributed by atoms with Crippen molar-refractivity contribution in [3.8, 4) is 0 Å². The molecule has 7 heteroatoms. The van der Waals surface area contributed by atoms with Crippen LogP contribution in [0.25, 0.3) is 0 Å². The zero-order valence-electron chi connectivity index (χ0n) is 14.2. The zero-order valence-corrected chi connectivity index (χ0v) is 14.2. The fourth-order valence-corrected chi connectivity index (χ4v) is 2.52. The average molecular weight is 343 g/mol. The lowest BCUT2D eigenvalue weighted by atomic mass is 10.0. The van der Waals surface area contributed by atoms with Crippen molar-refractivity contribution in [2.75, 3.05) is 30.4 Å². The van der Waals surface area contributed by atoms with Crippen molar-refractivity contribution in [3.63, 3.8) is 0 Å². The molecule has 2 N–H and O–H groups in total. The Hall–Kier alpha value is -2.93. The van der Waals surface area contributed by atoms with Crippen LogP contribution >= 0.6 is 0 Å². The number of nitrogens with zero attached hydrogens (tertiary/aromatic N) is 2. The summed E-state index contributed by atoms with van der Waals surface area (Å²) in [5, 5.41) is 22.7. The van der Waals surface area contributed by atoms with E-state index in [0.717, 1.165) is 5.69 Å². The molecule has 1 amide bonds. The van der Waals surface area contributed by atoms with Crippen molar-refractivity contribution in [1.82, 2.24) is 0 Å². The molecule has 25 heavy (non-hydrogen) atoms. The van der Waals surface area contributed by atoms with Crippen LogP contribution in [0.5, 0.6) is 0 Å². The van der Waals surface area contributed by atoms with Gasteiger partial charge >= 0.3 is 0 Å². The first-order chi connectivity index (χ1) is 11.9. The maximum absolute atomic E-state index is 12.2. The van der Waals surface area contributed by atoms with Gasteiger partial charge in [-0.15, -0.1) is 0 Å². The number of rotatable bonds is 7. The number of benzene rings is 2. The van der Waals surface area contributed by atoms with Crippen LogP contribution in [-0.2, 0) is 11.2 Å². The number of aliphatic hydroxyl groups is 1. The number of hydrogen-bond acceptors (Lipinski definition) is 5. The number of nitro groups is 1. The van der Waals surface area contributed by atoms with Crippen molar-refractivity contribution < 1.29 is 14.8 Å². The number of aliphatic hydroxyl groups excluding tert-OH is 1. The minimum atomic E-state index is -0.446. The second-order valence-corrected chi connectivity index (χ2v) is 5.74. The molecule has 0 saturated heterocycles. The molecule has 0 aliphatic heterocycles. The van der Waals surface area contributed by atoms with Crippen LogP contribution in [0.4, 0.5) is 17.1 Å². The van der Waals surface area contributed by atoms with Gasteiger partial charge in [0.1, 0.15) is 0 Å². The van der Waals surface area contributed by atoms with Crippen LogP contribution in [0.2, 0.25) is 0 Å². The number of amides is 1. The topological polar surface area (TPSA) is 95.7 Å². The smallest absolute Gasteiger partial charge is 0.272 e. The summed E-state index contributed by atoms with van der Waals surface area (Å²) >= 11 is 0. The number of anilines is 2. The third-order valence-electron chi connectivity index (χ3n) is 3.99. The number of carbonyl (C=O) groups excluding carboxylic acids is 1. The summed E-state index contributed by atoms with van der Waals surface area (Å²) in [7, 11) is 1.87. The molecule has 0 aliphatic rings. The molecule has 0 heterocycles. The number of carbonyl (C=O) groups is 1. The van der Waals surface area contributed by atoms with E-state index in [1.807, 2.05) is 24.1 Å². The van der Waals surface area contributed by atoms with E-state index in [1.165, 1.54) is 6.07 Å². The molecular formula is C18H21N3O4. The van der Waals surface area contributed by atoms with E-state index in [1.54, 1.807) is 31.2 Å². The Balaban J connectivity index is 2.03. The van der Waals surface area contributed by atoms with Crippen molar-refractivity contribution in [3.05, 3.63) is 63.7 Å². The van der Waals surface area contributed by atoms with Crippen LogP contribution < -0.4 is 10.2 Å². The first-order valence-electron chi connectivity index (χ1n) is 7.87. The fourth-order valence-electron chi connectivity index (χ4n) is 2.52. The Labute approximate surface area is 146 Å². The van der Waals surface area contributed by atoms with Crippen LogP contribution in [0, 0.1) is 17.0 Å². The first-order valence-corrected chi connectivity index (χ1v) is 7.87. The van der Waals surface area contributed by atoms with Gasteiger partial charge in [-0.2, -0.15) is 0 Å². The molecule has 0 aliphatic carbocycles. The maximum atomic E-state index is 12.2. The lowest BCUT2D eigenvalue weighted by Crippen LogP contribution is -2.21. The van der Waals surface area contributed by atoms with Gasteiger partial charge in [-0.25, -0.2) is 0 Å². The highest BCUT2D eigenvalue weighted by molar-refractivity contribution is 5.92. The molecule has 0 aromatic heterocycles. The molecule has 0 fully saturated rings. The standard InChI is InChI=1S/C18H21N3O4/c1-13-14(4-3-5-17(13)21(24)25)12-18(23)19-15-6-8-16(9-7-15)20(2)10-11-22/h3-9,22H,10-12H2,1-2H3,(H,19,23). The van der Waals surface area contributed by atoms with E-state index in [2.05, 4.69) is 5.32 Å². The van der Waals surface area contributed by atoms with Gasteiger partial charge in [0.2, 0.25) is 5.91 Å².